The molecule has 1 fully saturated rings. The van der Waals surface area contributed by atoms with Gasteiger partial charge in [-0.2, -0.15) is 0 Å². The molecule has 0 bridgehead atoms. The molecule has 2 heterocycles. The summed E-state index contributed by atoms with van der Waals surface area (Å²) in [7, 11) is 1.67. The number of carbonyl (C=O) groups excluding carboxylic acids is 1. The van der Waals surface area contributed by atoms with Crippen molar-refractivity contribution >= 4 is 11.8 Å². The third-order valence-electron chi connectivity index (χ3n) is 9.60. The molecule has 0 aliphatic carbocycles. The smallest absolute Gasteiger partial charge is 0.410 e. The maximum absolute atomic E-state index is 13.1. The van der Waals surface area contributed by atoms with Crippen molar-refractivity contribution in [1.82, 2.24) is 4.90 Å². The quantitative estimate of drug-likeness (QED) is 0.184. The van der Waals surface area contributed by atoms with Crippen LogP contribution in [-0.4, -0.2) is 87.0 Å². The predicted molar refractivity (Wildman–Crippen MR) is 192 cm³/mol. The Bertz CT molecular complexity index is 1500. The zero-order valence-corrected chi connectivity index (χ0v) is 30.0. The summed E-state index contributed by atoms with van der Waals surface area (Å²) in [6, 6.07) is 24.6. The second-order valence-corrected chi connectivity index (χ2v) is 14.5. The molecule has 1 amide bonds. The van der Waals surface area contributed by atoms with E-state index in [-0.39, 0.29) is 36.2 Å². The van der Waals surface area contributed by atoms with E-state index in [9.17, 15) is 9.90 Å². The monoisotopic (exact) mass is 674 g/mol. The molecule has 9 heteroatoms. The van der Waals surface area contributed by atoms with Crippen LogP contribution in [0, 0.1) is 0 Å². The first kappa shape index (κ1) is 36.5. The first-order chi connectivity index (χ1) is 23.5. The summed E-state index contributed by atoms with van der Waals surface area (Å²) >= 11 is 0. The van der Waals surface area contributed by atoms with Gasteiger partial charge in [-0.1, -0.05) is 62.4 Å². The predicted octanol–water partition coefficient (Wildman–Crippen LogP) is 6.95. The number of fused-ring (bicyclic) bond motifs is 1. The SMILES string of the molecule is COc1ccccc1COCCCOc1ccc(C2CCN(C(=O)OC(C)(C)C)CC2OCC2N(CCO)c3ccccc3C2(C)C)cc1. The Kier molecular flexibility index (Phi) is 12.1. The minimum atomic E-state index is -0.577. The average Bonchev–Trinajstić information content (AvgIpc) is 3.30. The van der Waals surface area contributed by atoms with Gasteiger partial charge in [-0.05, 0) is 62.6 Å². The van der Waals surface area contributed by atoms with Crippen LogP contribution in [0.1, 0.15) is 70.1 Å². The maximum Gasteiger partial charge on any atom is 0.410 e. The summed E-state index contributed by atoms with van der Waals surface area (Å²) in [5, 5.41) is 9.95. The van der Waals surface area contributed by atoms with Crippen molar-refractivity contribution in [1.29, 1.82) is 0 Å². The highest BCUT2D eigenvalue weighted by atomic mass is 16.6. The highest BCUT2D eigenvalue weighted by Gasteiger charge is 2.45. The van der Waals surface area contributed by atoms with Crippen molar-refractivity contribution in [3.63, 3.8) is 0 Å². The first-order valence-corrected chi connectivity index (χ1v) is 17.5. The molecule has 1 saturated heterocycles. The summed E-state index contributed by atoms with van der Waals surface area (Å²) in [5.74, 6) is 1.73. The Morgan fingerprint density at radius 3 is 2.45 bits per heavy atom. The van der Waals surface area contributed by atoms with Crippen molar-refractivity contribution in [3.05, 3.63) is 89.5 Å². The largest absolute Gasteiger partial charge is 0.496 e. The molecular formula is C40H54N2O7. The Labute approximate surface area is 292 Å². The summed E-state index contributed by atoms with van der Waals surface area (Å²) in [6.07, 6.45) is 0.974. The van der Waals surface area contributed by atoms with Crippen LogP contribution in [0.5, 0.6) is 11.5 Å². The van der Waals surface area contributed by atoms with Crippen molar-refractivity contribution in [2.45, 2.75) is 83.1 Å². The van der Waals surface area contributed by atoms with Crippen molar-refractivity contribution in [2.75, 3.05) is 58.1 Å². The van der Waals surface area contributed by atoms with E-state index in [0.29, 0.717) is 46.1 Å². The van der Waals surface area contributed by atoms with Gasteiger partial charge in [0.25, 0.3) is 0 Å². The lowest BCUT2D eigenvalue weighted by atomic mass is 9.80. The number of hydrogen-bond donors (Lipinski definition) is 1. The first-order valence-electron chi connectivity index (χ1n) is 17.5. The number of aliphatic hydroxyl groups is 1. The summed E-state index contributed by atoms with van der Waals surface area (Å²) < 4.78 is 29.9. The van der Waals surface area contributed by atoms with Crippen LogP contribution in [0.3, 0.4) is 0 Å². The maximum atomic E-state index is 13.1. The van der Waals surface area contributed by atoms with Gasteiger partial charge in [-0.25, -0.2) is 4.79 Å². The van der Waals surface area contributed by atoms with Crippen molar-refractivity contribution in [3.8, 4) is 11.5 Å². The van der Waals surface area contributed by atoms with Gasteiger partial charge in [-0.3, -0.25) is 0 Å². The van der Waals surface area contributed by atoms with Crippen LogP contribution in [0.15, 0.2) is 72.8 Å². The molecule has 9 nitrogen and oxygen atoms in total. The molecule has 0 radical (unpaired) electrons. The lowest BCUT2D eigenvalue weighted by Gasteiger charge is -2.41. The van der Waals surface area contributed by atoms with E-state index in [1.165, 1.54) is 5.56 Å². The fraction of sp³-hybridized carbons (Fsp3) is 0.525. The fourth-order valence-electron chi connectivity index (χ4n) is 7.03. The molecule has 1 N–H and O–H groups in total. The molecule has 266 valence electrons. The van der Waals surface area contributed by atoms with Crippen LogP contribution < -0.4 is 14.4 Å². The summed E-state index contributed by atoms with van der Waals surface area (Å²) in [4.78, 5) is 17.2. The Morgan fingerprint density at radius 2 is 1.71 bits per heavy atom. The van der Waals surface area contributed by atoms with E-state index in [4.69, 9.17) is 23.7 Å². The van der Waals surface area contributed by atoms with Crippen molar-refractivity contribution in [2.24, 2.45) is 0 Å². The van der Waals surface area contributed by atoms with Gasteiger partial charge in [0, 0.05) is 42.1 Å². The van der Waals surface area contributed by atoms with Gasteiger partial charge in [0.05, 0.1) is 58.8 Å². The number of hydrogen-bond acceptors (Lipinski definition) is 8. The minimum Gasteiger partial charge on any atom is -0.496 e. The number of piperidine rings is 1. The van der Waals surface area contributed by atoms with Gasteiger partial charge in [-0.15, -0.1) is 0 Å². The van der Waals surface area contributed by atoms with Crippen LogP contribution in [0.2, 0.25) is 0 Å². The second-order valence-electron chi connectivity index (χ2n) is 14.5. The molecule has 2 aliphatic heterocycles. The van der Waals surface area contributed by atoms with E-state index >= 15 is 0 Å². The molecule has 0 aromatic heterocycles. The fourth-order valence-corrected chi connectivity index (χ4v) is 7.03. The standard InChI is InChI=1S/C40H54N2O7/c1-39(2,3)49-38(44)41-21-20-32(36(26-41)48-28-37-40(4,5)33-13-8-9-14-34(33)42(37)22-23-43)29-16-18-31(19-17-29)47-25-11-24-46-27-30-12-7-10-15-35(30)45-6/h7-10,12-19,32,36-37,43H,11,20-28H2,1-6H3. The second kappa shape index (κ2) is 16.3. The van der Waals surface area contributed by atoms with E-state index in [2.05, 4.69) is 49.1 Å². The number of carbonyl (C=O) groups is 1. The van der Waals surface area contributed by atoms with Crippen LogP contribution in [-0.2, 0) is 26.2 Å². The molecule has 3 unspecified atom stereocenters. The van der Waals surface area contributed by atoms with Gasteiger partial charge < -0.3 is 38.6 Å². The number of ether oxygens (including phenoxy) is 5. The molecule has 3 atom stereocenters. The van der Waals surface area contributed by atoms with E-state index in [0.717, 1.165) is 41.2 Å². The third-order valence-corrected chi connectivity index (χ3v) is 9.60. The molecule has 2 aliphatic rings. The Balaban J connectivity index is 1.22. The van der Waals surface area contributed by atoms with Crippen LogP contribution >= 0.6 is 0 Å². The molecule has 3 aromatic rings. The lowest BCUT2D eigenvalue weighted by Crippen LogP contribution is -2.51. The third kappa shape index (κ3) is 9.07. The van der Waals surface area contributed by atoms with Crippen LogP contribution in [0.25, 0.3) is 0 Å². The zero-order valence-electron chi connectivity index (χ0n) is 30.0. The van der Waals surface area contributed by atoms with E-state index < -0.39 is 5.60 Å². The number of methoxy groups -OCH3 is 1. The Morgan fingerprint density at radius 1 is 0.980 bits per heavy atom. The Hall–Kier alpha value is -3.79. The van der Waals surface area contributed by atoms with Gasteiger partial charge in [0.2, 0.25) is 0 Å². The number of likely N-dealkylation sites (tertiary alicyclic amines) is 1. The number of aliphatic hydroxyl groups excluding tert-OH is 1. The molecule has 5 rings (SSSR count). The summed E-state index contributed by atoms with van der Waals surface area (Å²) in [6.45, 7) is 13.9. The molecule has 49 heavy (non-hydrogen) atoms. The number of amides is 1. The number of anilines is 1. The van der Waals surface area contributed by atoms with E-state index in [1.807, 2.05) is 63.2 Å². The highest BCUT2D eigenvalue weighted by Crippen LogP contribution is 2.45. The van der Waals surface area contributed by atoms with Gasteiger partial charge in [0.1, 0.15) is 17.1 Å². The molecular weight excluding hydrogens is 620 g/mol. The number of rotatable bonds is 14. The number of β-amino-alcohol motifs (C(OH)–C–C–N with tert-alkyl or cyclic N) is 1. The zero-order chi connectivity index (χ0) is 35.0. The van der Waals surface area contributed by atoms with Crippen molar-refractivity contribution < 1.29 is 33.6 Å². The molecule has 0 spiro atoms. The highest BCUT2D eigenvalue weighted by molar-refractivity contribution is 5.68. The minimum absolute atomic E-state index is 0.0316. The molecule has 3 aromatic carbocycles. The van der Waals surface area contributed by atoms with Crippen LogP contribution in [0.4, 0.5) is 10.5 Å². The van der Waals surface area contributed by atoms with E-state index in [1.54, 1.807) is 12.0 Å². The lowest BCUT2D eigenvalue weighted by molar-refractivity contribution is -0.0366. The summed E-state index contributed by atoms with van der Waals surface area (Å²) in [5.41, 5.74) is 3.82. The number of benzene rings is 3. The molecule has 0 saturated carbocycles. The van der Waals surface area contributed by atoms with Gasteiger partial charge >= 0.3 is 6.09 Å². The van der Waals surface area contributed by atoms with Gasteiger partial charge in [0.15, 0.2) is 0 Å². The number of para-hydroxylation sites is 2. The normalized spacial score (nSPS) is 20.2. The average molecular weight is 675 g/mol. The number of nitrogens with zero attached hydrogens (tertiary/aromatic N) is 2. The topological polar surface area (TPSA) is 89.9 Å².